The topological polar surface area (TPSA) is 75.3 Å². The number of nitrogens with one attached hydrogen (secondary N) is 2. The van der Waals surface area contributed by atoms with Crippen LogP contribution >= 0.6 is 0 Å². The van der Waals surface area contributed by atoms with E-state index in [0.29, 0.717) is 11.3 Å². The fourth-order valence-electron chi connectivity index (χ4n) is 2.07. The van der Waals surface area contributed by atoms with E-state index in [2.05, 4.69) is 10.0 Å². The lowest BCUT2D eigenvalue weighted by Crippen LogP contribution is -2.33. The van der Waals surface area contributed by atoms with Crippen molar-refractivity contribution >= 4 is 21.6 Å². The molecule has 0 aliphatic rings. The molecule has 6 heteroatoms. The second kappa shape index (κ2) is 6.72. The largest absolute Gasteiger partial charge is 0.325 e. The van der Waals surface area contributed by atoms with Crippen molar-refractivity contribution in [3.63, 3.8) is 0 Å². The minimum absolute atomic E-state index is 0.186. The molecule has 0 aromatic heterocycles. The SMILES string of the molecule is Cc1ccc(S(=O)(=O)NCC(=O)Nc2ccccc2)c(C)c1. The number of sulfonamides is 1. The molecule has 0 saturated heterocycles. The van der Waals surface area contributed by atoms with E-state index in [-0.39, 0.29) is 11.4 Å². The van der Waals surface area contributed by atoms with Crippen LogP contribution in [0.3, 0.4) is 0 Å². The molecular formula is C16H18N2O3S. The summed E-state index contributed by atoms with van der Waals surface area (Å²) in [5.41, 5.74) is 2.26. The standard InChI is InChI=1S/C16H18N2O3S/c1-12-8-9-15(13(2)10-12)22(20,21)17-11-16(19)18-14-6-4-3-5-7-14/h3-10,17H,11H2,1-2H3,(H,18,19). The van der Waals surface area contributed by atoms with Crippen molar-refractivity contribution in [1.82, 2.24) is 4.72 Å². The van der Waals surface area contributed by atoms with E-state index >= 15 is 0 Å². The van der Waals surface area contributed by atoms with Crippen LogP contribution in [0, 0.1) is 13.8 Å². The lowest BCUT2D eigenvalue weighted by Gasteiger charge is -2.10. The highest BCUT2D eigenvalue weighted by Gasteiger charge is 2.17. The molecule has 0 fully saturated rings. The van der Waals surface area contributed by atoms with Gasteiger partial charge < -0.3 is 5.32 Å². The van der Waals surface area contributed by atoms with Gasteiger partial charge in [-0.05, 0) is 37.6 Å². The summed E-state index contributed by atoms with van der Waals surface area (Å²) in [6.07, 6.45) is 0. The summed E-state index contributed by atoms with van der Waals surface area (Å²) >= 11 is 0. The van der Waals surface area contributed by atoms with Gasteiger partial charge in [0.25, 0.3) is 0 Å². The van der Waals surface area contributed by atoms with Crippen LogP contribution in [0.15, 0.2) is 53.4 Å². The van der Waals surface area contributed by atoms with Gasteiger partial charge in [0.05, 0.1) is 11.4 Å². The van der Waals surface area contributed by atoms with Crippen LogP contribution in [-0.2, 0) is 14.8 Å². The van der Waals surface area contributed by atoms with Gasteiger partial charge in [0, 0.05) is 5.69 Å². The lowest BCUT2D eigenvalue weighted by molar-refractivity contribution is -0.115. The maximum atomic E-state index is 12.2. The zero-order valence-corrected chi connectivity index (χ0v) is 13.3. The van der Waals surface area contributed by atoms with E-state index in [1.54, 1.807) is 49.4 Å². The highest BCUT2D eigenvalue weighted by Crippen LogP contribution is 2.16. The molecule has 2 aromatic rings. The van der Waals surface area contributed by atoms with Gasteiger partial charge in [-0.1, -0.05) is 35.9 Å². The molecule has 0 unspecified atom stereocenters. The van der Waals surface area contributed by atoms with Gasteiger partial charge in [0.15, 0.2) is 0 Å². The third-order valence-electron chi connectivity index (χ3n) is 3.10. The van der Waals surface area contributed by atoms with Crippen molar-refractivity contribution in [2.75, 3.05) is 11.9 Å². The molecule has 2 N–H and O–H groups in total. The molecule has 0 saturated carbocycles. The second-order valence-electron chi connectivity index (χ2n) is 5.01. The zero-order chi connectivity index (χ0) is 16.2. The summed E-state index contributed by atoms with van der Waals surface area (Å²) in [7, 11) is -3.71. The Labute approximate surface area is 130 Å². The Hall–Kier alpha value is -2.18. The Morgan fingerprint density at radius 3 is 2.36 bits per heavy atom. The molecule has 2 aromatic carbocycles. The van der Waals surface area contributed by atoms with Gasteiger partial charge in [0.2, 0.25) is 15.9 Å². The Bertz CT molecular complexity index is 771. The van der Waals surface area contributed by atoms with Gasteiger partial charge in [0.1, 0.15) is 0 Å². The van der Waals surface area contributed by atoms with Crippen LogP contribution in [0.25, 0.3) is 0 Å². The first-order valence-electron chi connectivity index (χ1n) is 6.80. The number of rotatable bonds is 5. The molecule has 0 heterocycles. The number of carbonyl (C=O) groups excluding carboxylic acids is 1. The predicted octanol–water partition coefficient (Wildman–Crippen LogP) is 2.22. The zero-order valence-electron chi connectivity index (χ0n) is 12.5. The first-order chi connectivity index (χ1) is 10.4. The maximum Gasteiger partial charge on any atom is 0.241 e. The predicted molar refractivity (Wildman–Crippen MR) is 86.2 cm³/mol. The van der Waals surface area contributed by atoms with Crippen LogP contribution < -0.4 is 10.0 Å². The first kappa shape index (κ1) is 16.2. The summed E-state index contributed by atoms with van der Waals surface area (Å²) in [6, 6.07) is 13.9. The van der Waals surface area contributed by atoms with Crippen LogP contribution in [-0.4, -0.2) is 20.9 Å². The van der Waals surface area contributed by atoms with E-state index in [1.807, 2.05) is 13.0 Å². The van der Waals surface area contributed by atoms with Crippen molar-refractivity contribution < 1.29 is 13.2 Å². The summed E-state index contributed by atoms with van der Waals surface area (Å²) in [6.45, 7) is 3.31. The molecule has 1 amide bonds. The Balaban J connectivity index is 2.02. The molecule has 2 rings (SSSR count). The highest BCUT2D eigenvalue weighted by atomic mass is 32.2. The van der Waals surface area contributed by atoms with Crippen molar-refractivity contribution in [2.24, 2.45) is 0 Å². The van der Waals surface area contributed by atoms with Crippen molar-refractivity contribution in [3.05, 3.63) is 59.7 Å². The van der Waals surface area contributed by atoms with E-state index in [0.717, 1.165) is 5.56 Å². The minimum atomic E-state index is -3.71. The van der Waals surface area contributed by atoms with Gasteiger partial charge in [-0.25, -0.2) is 13.1 Å². The number of amides is 1. The quantitative estimate of drug-likeness (QED) is 0.887. The Morgan fingerprint density at radius 2 is 1.73 bits per heavy atom. The minimum Gasteiger partial charge on any atom is -0.325 e. The molecule has 0 spiro atoms. The molecule has 116 valence electrons. The van der Waals surface area contributed by atoms with Crippen LogP contribution in [0.5, 0.6) is 0 Å². The van der Waals surface area contributed by atoms with Crippen molar-refractivity contribution in [2.45, 2.75) is 18.7 Å². The van der Waals surface area contributed by atoms with Gasteiger partial charge in [-0.2, -0.15) is 0 Å². The molecule has 0 aliphatic heterocycles. The van der Waals surface area contributed by atoms with Crippen molar-refractivity contribution in [3.8, 4) is 0 Å². The summed E-state index contributed by atoms with van der Waals surface area (Å²) < 4.78 is 26.8. The molecule has 5 nitrogen and oxygen atoms in total. The van der Waals surface area contributed by atoms with Gasteiger partial charge in [-0.3, -0.25) is 4.79 Å². The highest BCUT2D eigenvalue weighted by molar-refractivity contribution is 7.89. The lowest BCUT2D eigenvalue weighted by atomic mass is 10.2. The number of carbonyl (C=O) groups is 1. The monoisotopic (exact) mass is 318 g/mol. The molecular weight excluding hydrogens is 300 g/mol. The molecule has 22 heavy (non-hydrogen) atoms. The van der Waals surface area contributed by atoms with E-state index in [9.17, 15) is 13.2 Å². The third-order valence-corrected chi connectivity index (χ3v) is 4.66. The smallest absolute Gasteiger partial charge is 0.241 e. The summed E-state index contributed by atoms with van der Waals surface area (Å²) in [5.74, 6) is -0.417. The molecule has 0 atom stereocenters. The first-order valence-corrected chi connectivity index (χ1v) is 8.28. The van der Waals surface area contributed by atoms with Gasteiger partial charge in [-0.15, -0.1) is 0 Å². The third kappa shape index (κ3) is 4.16. The summed E-state index contributed by atoms with van der Waals surface area (Å²) in [5, 5.41) is 2.62. The van der Waals surface area contributed by atoms with E-state index in [4.69, 9.17) is 0 Å². The average molecular weight is 318 g/mol. The number of hydrogen-bond acceptors (Lipinski definition) is 3. The Morgan fingerprint density at radius 1 is 1.05 bits per heavy atom. The molecule has 0 aliphatic carbocycles. The van der Waals surface area contributed by atoms with E-state index < -0.39 is 15.9 Å². The fourth-order valence-corrected chi connectivity index (χ4v) is 3.27. The summed E-state index contributed by atoms with van der Waals surface area (Å²) in [4.78, 5) is 12.0. The number of hydrogen-bond donors (Lipinski definition) is 2. The van der Waals surface area contributed by atoms with Crippen LogP contribution in [0.2, 0.25) is 0 Å². The van der Waals surface area contributed by atoms with Crippen LogP contribution in [0.4, 0.5) is 5.69 Å². The number of para-hydroxylation sites is 1. The number of anilines is 1. The fraction of sp³-hybridized carbons (Fsp3) is 0.188. The second-order valence-corrected chi connectivity index (χ2v) is 6.74. The van der Waals surface area contributed by atoms with Crippen LogP contribution in [0.1, 0.15) is 11.1 Å². The molecule has 0 bridgehead atoms. The average Bonchev–Trinajstić information content (AvgIpc) is 2.46. The van der Waals surface area contributed by atoms with Gasteiger partial charge >= 0.3 is 0 Å². The number of benzene rings is 2. The van der Waals surface area contributed by atoms with E-state index in [1.165, 1.54) is 0 Å². The maximum absolute atomic E-state index is 12.2. The number of aryl methyl sites for hydroxylation is 2. The Kier molecular flexibility index (Phi) is 4.95. The van der Waals surface area contributed by atoms with Crippen molar-refractivity contribution in [1.29, 1.82) is 0 Å². The molecule has 0 radical (unpaired) electrons. The normalized spacial score (nSPS) is 11.2.